The molecule has 0 aliphatic carbocycles. The van der Waals surface area contributed by atoms with E-state index < -0.39 is 15.9 Å². The fourth-order valence-electron chi connectivity index (χ4n) is 3.03. The maximum atomic E-state index is 12.8. The third-order valence-corrected chi connectivity index (χ3v) is 6.14. The first-order chi connectivity index (χ1) is 15.3. The lowest BCUT2D eigenvalue weighted by atomic mass is 10.1. The zero-order valence-corrected chi connectivity index (χ0v) is 18.9. The van der Waals surface area contributed by atoms with E-state index in [4.69, 9.17) is 14.2 Å². The smallest absolute Gasteiger partial charge is 0.261 e. The Morgan fingerprint density at radius 3 is 2.00 bits per heavy atom. The molecule has 0 aliphatic heterocycles. The number of nitrogens with one attached hydrogen (secondary N) is 2. The SMILES string of the molecule is COc1ccc(NS(=O)(=O)c2cccc(NC(=O)c3cc(OC)c(C)c(OC)c3)c2)cc1. The average Bonchev–Trinajstić information content (AvgIpc) is 2.79. The van der Waals surface area contributed by atoms with Gasteiger partial charge in [0, 0.05) is 22.5 Å². The molecule has 0 radical (unpaired) electrons. The van der Waals surface area contributed by atoms with Crippen LogP contribution in [0.5, 0.6) is 17.2 Å². The van der Waals surface area contributed by atoms with Crippen molar-refractivity contribution in [2.24, 2.45) is 0 Å². The zero-order valence-electron chi connectivity index (χ0n) is 18.1. The summed E-state index contributed by atoms with van der Waals surface area (Å²) in [5.41, 5.74) is 1.79. The molecule has 0 bridgehead atoms. The van der Waals surface area contributed by atoms with Crippen molar-refractivity contribution in [2.75, 3.05) is 31.4 Å². The fraction of sp³-hybridized carbons (Fsp3) is 0.174. The molecule has 0 unspecified atom stereocenters. The Kier molecular flexibility index (Phi) is 6.89. The van der Waals surface area contributed by atoms with E-state index >= 15 is 0 Å². The molecule has 9 heteroatoms. The van der Waals surface area contributed by atoms with Crippen LogP contribution in [0, 0.1) is 6.92 Å². The first-order valence-corrected chi connectivity index (χ1v) is 11.1. The third-order valence-electron chi connectivity index (χ3n) is 4.76. The molecule has 0 aliphatic rings. The number of hydrogen-bond acceptors (Lipinski definition) is 6. The maximum Gasteiger partial charge on any atom is 0.261 e. The number of amides is 1. The molecule has 1 amide bonds. The molecule has 3 aromatic rings. The van der Waals surface area contributed by atoms with E-state index in [0.717, 1.165) is 5.56 Å². The van der Waals surface area contributed by atoms with E-state index in [1.54, 1.807) is 48.5 Å². The molecule has 3 rings (SSSR count). The normalized spacial score (nSPS) is 10.9. The van der Waals surface area contributed by atoms with Crippen LogP contribution in [0.25, 0.3) is 0 Å². The first kappa shape index (κ1) is 23.0. The molecule has 0 fully saturated rings. The monoisotopic (exact) mass is 456 g/mol. The van der Waals surface area contributed by atoms with Crippen LogP contribution in [0.3, 0.4) is 0 Å². The third kappa shape index (κ3) is 5.12. The predicted octanol–water partition coefficient (Wildman–Crippen LogP) is 4.07. The molecular formula is C23H24N2O6S. The number of carbonyl (C=O) groups excluding carboxylic acids is 1. The highest BCUT2D eigenvalue weighted by molar-refractivity contribution is 7.92. The summed E-state index contributed by atoms with van der Waals surface area (Å²) >= 11 is 0. The van der Waals surface area contributed by atoms with Gasteiger partial charge in [0.15, 0.2) is 0 Å². The highest BCUT2D eigenvalue weighted by Gasteiger charge is 2.17. The maximum absolute atomic E-state index is 12.8. The van der Waals surface area contributed by atoms with Crippen LogP contribution in [-0.2, 0) is 10.0 Å². The summed E-state index contributed by atoms with van der Waals surface area (Å²) in [5, 5.41) is 2.71. The first-order valence-electron chi connectivity index (χ1n) is 9.58. The Labute approximate surface area is 187 Å². The molecule has 0 aromatic heterocycles. The lowest BCUT2D eigenvalue weighted by molar-refractivity contribution is 0.102. The standard InChI is InChI=1S/C23H24N2O6S/c1-15-21(30-3)12-16(13-22(15)31-4)23(26)24-18-6-5-7-20(14-18)32(27,28)25-17-8-10-19(29-2)11-9-17/h5-14,25H,1-4H3,(H,24,26). The summed E-state index contributed by atoms with van der Waals surface area (Å²) in [5.74, 6) is 1.20. The topological polar surface area (TPSA) is 103 Å². The molecule has 0 heterocycles. The minimum atomic E-state index is -3.86. The molecule has 2 N–H and O–H groups in total. The summed E-state index contributed by atoms with van der Waals surface area (Å²) in [4.78, 5) is 12.8. The van der Waals surface area contributed by atoms with Gasteiger partial charge < -0.3 is 19.5 Å². The van der Waals surface area contributed by atoms with Gasteiger partial charge in [0.1, 0.15) is 17.2 Å². The van der Waals surface area contributed by atoms with Crippen molar-refractivity contribution < 1.29 is 27.4 Å². The second-order valence-corrected chi connectivity index (χ2v) is 8.50. The summed E-state index contributed by atoms with van der Waals surface area (Å²) < 4.78 is 43.8. The lowest BCUT2D eigenvalue weighted by Crippen LogP contribution is -2.15. The summed E-state index contributed by atoms with van der Waals surface area (Å²) in [6, 6.07) is 15.7. The van der Waals surface area contributed by atoms with Gasteiger partial charge in [-0.1, -0.05) is 6.07 Å². The minimum absolute atomic E-state index is 0.00480. The molecule has 0 saturated carbocycles. The van der Waals surface area contributed by atoms with Crippen LogP contribution in [0.15, 0.2) is 65.6 Å². The van der Waals surface area contributed by atoms with Crippen LogP contribution in [0.1, 0.15) is 15.9 Å². The Morgan fingerprint density at radius 1 is 0.812 bits per heavy atom. The number of anilines is 2. The Hall–Kier alpha value is -3.72. The van der Waals surface area contributed by atoms with Crippen LogP contribution in [-0.4, -0.2) is 35.7 Å². The minimum Gasteiger partial charge on any atom is -0.497 e. The van der Waals surface area contributed by atoms with Crippen LogP contribution in [0.4, 0.5) is 11.4 Å². The van der Waals surface area contributed by atoms with E-state index in [1.165, 1.54) is 33.5 Å². The van der Waals surface area contributed by atoms with E-state index in [-0.39, 0.29) is 4.90 Å². The number of benzene rings is 3. The van der Waals surface area contributed by atoms with Crippen LogP contribution < -0.4 is 24.2 Å². The van der Waals surface area contributed by atoms with Gasteiger partial charge in [0.25, 0.3) is 15.9 Å². The Morgan fingerprint density at radius 2 is 1.44 bits per heavy atom. The largest absolute Gasteiger partial charge is 0.497 e. The molecular weight excluding hydrogens is 432 g/mol. The number of ether oxygens (including phenoxy) is 3. The van der Waals surface area contributed by atoms with Gasteiger partial charge >= 0.3 is 0 Å². The van der Waals surface area contributed by atoms with Crippen LogP contribution in [0.2, 0.25) is 0 Å². The van der Waals surface area contributed by atoms with Crippen molar-refractivity contribution in [1.29, 1.82) is 0 Å². The van der Waals surface area contributed by atoms with Crippen molar-refractivity contribution in [3.63, 3.8) is 0 Å². The van der Waals surface area contributed by atoms with Crippen molar-refractivity contribution >= 4 is 27.3 Å². The van der Waals surface area contributed by atoms with Gasteiger partial charge in [-0.3, -0.25) is 9.52 Å². The molecule has 0 spiro atoms. The van der Waals surface area contributed by atoms with Crippen molar-refractivity contribution in [2.45, 2.75) is 11.8 Å². The lowest BCUT2D eigenvalue weighted by Gasteiger charge is -2.13. The van der Waals surface area contributed by atoms with E-state index in [0.29, 0.717) is 34.2 Å². The predicted molar refractivity (Wildman–Crippen MR) is 122 cm³/mol. The molecule has 8 nitrogen and oxygen atoms in total. The van der Waals surface area contributed by atoms with Gasteiger partial charge in [-0.25, -0.2) is 8.42 Å². The summed E-state index contributed by atoms with van der Waals surface area (Å²) in [6.07, 6.45) is 0. The molecule has 3 aromatic carbocycles. The Balaban J connectivity index is 1.82. The van der Waals surface area contributed by atoms with Gasteiger partial charge in [0.05, 0.1) is 26.2 Å². The van der Waals surface area contributed by atoms with Crippen molar-refractivity contribution in [3.05, 3.63) is 71.8 Å². The van der Waals surface area contributed by atoms with Crippen molar-refractivity contribution in [1.82, 2.24) is 0 Å². The number of hydrogen-bond donors (Lipinski definition) is 2. The van der Waals surface area contributed by atoms with Gasteiger partial charge in [-0.2, -0.15) is 0 Å². The molecule has 0 atom stereocenters. The number of carbonyl (C=O) groups is 1. The highest BCUT2D eigenvalue weighted by Crippen LogP contribution is 2.30. The van der Waals surface area contributed by atoms with E-state index in [2.05, 4.69) is 10.0 Å². The molecule has 168 valence electrons. The van der Waals surface area contributed by atoms with E-state index in [1.807, 2.05) is 6.92 Å². The number of methoxy groups -OCH3 is 3. The summed E-state index contributed by atoms with van der Waals surface area (Å²) in [6.45, 7) is 1.82. The molecule has 32 heavy (non-hydrogen) atoms. The van der Waals surface area contributed by atoms with Crippen LogP contribution >= 0.6 is 0 Å². The summed E-state index contributed by atoms with van der Waals surface area (Å²) in [7, 11) is 0.680. The number of rotatable bonds is 8. The van der Waals surface area contributed by atoms with Gasteiger partial charge in [-0.15, -0.1) is 0 Å². The quantitative estimate of drug-likeness (QED) is 0.530. The van der Waals surface area contributed by atoms with E-state index in [9.17, 15) is 13.2 Å². The second-order valence-electron chi connectivity index (χ2n) is 6.82. The second kappa shape index (κ2) is 9.61. The fourth-order valence-corrected chi connectivity index (χ4v) is 4.14. The average molecular weight is 457 g/mol. The van der Waals surface area contributed by atoms with Crippen molar-refractivity contribution in [3.8, 4) is 17.2 Å². The Bertz CT molecular complexity index is 1200. The van der Waals surface area contributed by atoms with Gasteiger partial charge in [0.2, 0.25) is 0 Å². The highest BCUT2D eigenvalue weighted by atomic mass is 32.2. The number of sulfonamides is 1. The molecule has 0 saturated heterocycles. The van der Waals surface area contributed by atoms with Gasteiger partial charge in [-0.05, 0) is 61.5 Å². The zero-order chi connectivity index (χ0) is 23.3.